The van der Waals surface area contributed by atoms with Crippen LogP contribution in [0.2, 0.25) is 0 Å². The standard InChI is InChI=1S/C13H20N4S/c1-9(2)15-6-12-5-14-8-17(12)11(4)13-16-10(3)7-18-13/h5,7-9,11,15H,6H2,1-4H3. The Balaban J connectivity index is 2.15. The average molecular weight is 264 g/mol. The summed E-state index contributed by atoms with van der Waals surface area (Å²) in [5.74, 6) is 0. The van der Waals surface area contributed by atoms with Crippen LogP contribution in [0.25, 0.3) is 0 Å². The lowest BCUT2D eigenvalue weighted by atomic mass is 10.3. The highest BCUT2D eigenvalue weighted by Crippen LogP contribution is 2.22. The molecule has 2 rings (SSSR count). The summed E-state index contributed by atoms with van der Waals surface area (Å²) >= 11 is 1.71. The molecule has 0 aliphatic carbocycles. The predicted molar refractivity (Wildman–Crippen MR) is 74.9 cm³/mol. The second kappa shape index (κ2) is 5.63. The lowest BCUT2D eigenvalue weighted by Gasteiger charge is -2.15. The van der Waals surface area contributed by atoms with Crippen LogP contribution in [0.5, 0.6) is 0 Å². The van der Waals surface area contributed by atoms with Gasteiger partial charge < -0.3 is 9.88 Å². The summed E-state index contributed by atoms with van der Waals surface area (Å²) in [7, 11) is 0. The molecule has 0 saturated carbocycles. The van der Waals surface area contributed by atoms with E-state index >= 15 is 0 Å². The van der Waals surface area contributed by atoms with Crippen molar-refractivity contribution in [2.45, 2.75) is 46.3 Å². The molecule has 0 radical (unpaired) electrons. The molecule has 0 amide bonds. The minimum Gasteiger partial charge on any atom is -0.324 e. The molecule has 0 aliphatic rings. The Kier molecular flexibility index (Phi) is 4.14. The number of hydrogen-bond acceptors (Lipinski definition) is 4. The van der Waals surface area contributed by atoms with Gasteiger partial charge in [-0.05, 0) is 13.8 Å². The van der Waals surface area contributed by atoms with E-state index < -0.39 is 0 Å². The van der Waals surface area contributed by atoms with Crippen LogP contribution in [0.1, 0.15) is 43.2 Å². The predicted octanol–water partition coefficient (Wildman–Crippen LogP) is 2.76. The van der Waals surface area contributed by atoms with Crippen LogP contribution in [-0.2, 0) is 6.54 Å². The normalized spacial score (nSPS) is 13.2. The molecule has 0 saturated heterocycles. The number of imidazole rings is 1. The Hall–Kier alpha value is -1.20. The molecule has 98 valence electrons. The van der Waals surface area contributed by atoms with E-state index in [0.717, 1.165) is 17.2 Å². The van der Waals surface area contributed by atoms with Gasteiger partial charge in [0, 0.05) is 29.9 Å². The third-order valence-corrected chi connectivity index (χ3v) is 3.98. The maximum absolute atomic E-state index is 4.55. The van der Waals surface area contributed by atoms with E-state index in [0.29, 0.717) is 6.04 Å². The zero-order chi connectivity index (χ0) is 13.1. The molecule has 4 nitrogen and oxygen atoms in total. The van der Waals surface area contributed by atoms with Crippen molar-refractivity contribution in [1.82, 2.24) is 19.9 Å². The molecular weight excluding hydrogens is 244 g/mol. The van der Waals surface area contributed by atoms with Crippen molar-refractivity contribution < 1.29 is 0 Å². The molecule has 1 N–H and O–H groups in total. The van der Waals surface area contributed by atoms with Gasteiger partial charge in [0.1, 0.15) is 5.01 Å². The van der Waals surface area contributed by atoms with E-state index in [1.165, 1.54) is 5.69 Å². The van der Waals surface area contributed by atoms with Gasteiger partial charge in [0.25, 0.3) is 0 Å². The van der Waals surface area contributed by atoms with Gasteiger partial charge in [-0.25, -0.2) is 9.97 Å². The maximum Gasteiger partial charge on any atom is 0.115 e. The fraction of sp³-hybridized carbons (Fsp3) is 0.538. The number of thiazole rings is 1. The van der Waals surface area contributed by atoms with E-state index in [9.17, 15) is 0 Å². The van der Waals surface area contributed by atoms with E-state index in [1.807, 2.05) is 19.4 Å². The first kappa shape index (κ1) is 13.2. The van der Waals surface area contributed by atoms with Crippen molar-refractivity contribution >= 4 is 11.3 Å². The van der Waals surface area contributed by atoms with Crippen molar-refractivity contribution in [2.75, 3.05) is 0 Å². The first-order chi connectivity index (χ1) is 8.58. The molecular formula is C13H20N4S. The van der Waals surface area contributed by atoms with Crippen molar-refractivity contribution in [1.29, 1.82) is 0 Å². The summed E-state index contributed by atoms with van der Waals surface area (Å²) in [6.45, 7) is 9.33. The maximum atomic E-state index is 4.55. The van der Waals surface area contributed by atoms with Crippen molar-refractivity contribution in [3.63, 3.8) is 0 Å². The molecule has 2 heterocycles. The minimum atomic E-state index is 0.246. The Bertz CT molecular complexity index is 501. The second-order valence-electron chi connectivity index (χ2n) is 4.83. The van der Waals surface area contributed by atoms with E-state index in [2.05, 4.69) is 46.0 Å². The Morgan fingerprint density at radius 2 is 2.17 bits per heavy atom. The van der Waals surface area contributed by atoms with Gasteiger partial charge in [0.15, 0.2) is 0 Å². The summed E-state index contributed by atoms with van der Waals surface area (Å²) in [5.41, 5.74) is 2.29. The fourth-order valence-corrected chi connectivity index (χ4v) is 2.66. The molecule has 1 atom stereocenters. The van der Waals surface area contributed by atoms with E-state index in [-0.39, 0.29) is 6.04 Å². The Morgan fingerprint density at radius 1 is 1.39 bits per heavy atom. The summed E-state index contributed by atoms with van der Waals surface area (Å²) < 4.78 is 2.19. The third-order valence-electron chi connectivity index (χ3n) is 2.85. The molecule has 2 aromatic rings. The van der Waals surface area contributed by atoms with Gasteiger partial charge in [0.2, 0.25) is 0 Å². The number of aryl methyl sites for hydroxylation is 1. The number of aromatic nitrogens is 3. The summed E-state index contributed by atoms with van der Waals surface area (Å²) in [6.07, 6.45) is 3.81. The first-order valence-corrected chi connectivity index (χ1v) is 7.12. The number of nitrogens with one attached hydrogen (secondary N) is 1. The smallest absolute Gasteiger partial charge is 0.115 e. The fourth-order valence-electron chi connectivity index (χ4n) is 1.81. The number of nitrogens with zero attached hydrogens (tertiary/aromatic N) is 3. The minimum absolute atomic E-state index is 0.246. The van der Waals surface area contributed by atoms with E-state index in [1.54, 1.807) is 11.3 Å². The van der Waals surface area contributed by atoms with Crippen LogP contribution in [0.4, 0.5) is 0 Å². The van der Waals surface area contributed by atoms with E-state index in [4.69, 9.17) is 0 Å². The Labute approximate surface area is 112 Å². The largest absolute Gasteiger partial charge is 0.324 e. The highest BCUT2D eigenvalue weighted by atomic mass is 32.1. The van der Waals surface area contributed by atoms with Crippen LogP contribution >= 0.6 is 11.3 Å². The van der Waals surface area contributed by atoms with Gasteiger partial charge in [-0.3, -0.25) is 0 Å². The van der Waals surface area contributed by atoms with Crippen molar-refractivity contribution in [3.8, 4) is 0 Å². The SMILES string of the molecule is Cc1csc(C(C)n2cncc2CNC(C)C)n1. The quantitative estimate of drug-likeness (QED) is 0.903. The molecule has 0 bridgehead atoms. The van der Waals surface area contributed by atoms with Crippen LogP contribution in [-0.4, -0.2) is 20.6 Å². The molecule has 0 spiro atoms. The van der Waals surface area contributed by atoms with Crippen LogP contribution < -0.4 is 5.32 Å². The first-order valence-electron chi connectivity index (χ1n) is 6.24. The zero-order valence-corrected chi connectivity index (χ0v) is 12.2. The molecule has 1 unspecified atom stereocenters. The number of rotatable bonds is 5. The molecule has 18 heavy (non-hydrogen) atoms. The van der Waals surface area contributed by atoms with Gasteiger partial charge in [-0.1, -0.05) is 13.8 Å². The Morgan fingerprint density at radius 3 is 2.78 bits per heavy atom. The molecule has 5 heteroatoms. The zero-order valence-electron chi connectivity index (χ0n) is 11.3. The monoisotopic (exact) mass is 264 g/mol. The van der Waals surface area contributed by atoms with Gasteiger partial charge in [0.05, 0.1) is 18.1 Å². The average Bonchev–Trinajstić information content (AvgIpc) is 2.93. The van der Waals surface area contributed by atoms with Crippen LogP contribution in [0, 0.1) is 6.92 Å². The van der Waals surface area contributed by atoms with Gasteiger partial charge in [-0.2, -0.15) is 0 Å². The van der Waals surface area contributed by atoms with Gasteiger partial charge in [-0.15, -0.1) is 11.3 Å². The molecule has 0 aromatic carbocycles. The molecule has 2 aromatic heterocycles. The van der Waals surface area contributed by atoms with Crippen molar-refractivity contribution in [3.05, 3.63) is 34.3 Å². The summed E-state index contributed by atoms with van der Waals surface area (Å²) in [6, 6.07) is 0.723. The van der Waals surface area contributed by atoms with Gasteiger partial charge >= 0.3 is 0 Å². The third kappa shape index (κ3) is 2.97. The van der Waals surface area contributed by atoms with Crippen LogP contribution in [0.3, 0.4) is 0 Å². The molecule has 0 aliphatic heterocycles. The topological polar surface area (TPSA) is 42.7 Å². The highest BCUT2D eigenvalue weighted by Gasteiger charge is 2.14. The lowest BCUT2D eigenvalue weighted by Crippen LogP contribution is -2.24. The molecule has 0 fully saturated rings. The highest BCUT2D eigenvalue weighted by molar-refractivity contribution is 7.09. The number of hydrogen-bond donors (Lipinski definition) is 1. The summed E-state index contributed by atoms with van der Waals surface area (Å²) in [5, 5.41) is 6.65. The van der Waals surface area contributed by atoms with Crippen molar-refractivity contribution in [2.24, 2.45) is 0 Å². The lowest BCUT2D eigenvalue weighted by molar-refractivity contribution is 0.538. The second-order valence-corrected chi connectivity index (χ2v) is 5.72. The summed E-state index contributed by atoms with van der Waals surface area (Å²) in [4.78, 5) is 8.81. The van der Waals surface area contributed by atoms with Crippen LogP contribution in [0.15, 0.2) is 17.9 Å².